The molecule has 2 N–H and O–H groups in total. The van der Waals surface area contributed by atoms with Gasteiger partial charge in [-0.3, -0.25) is 0 Å². The predicted octanol–water partition coefficient (Wildman–Crippen LogP) is 3.64. The minimum absolute atomic E-state index is 0.579. The SMILES string of the molecule is N#Cc1sc(N2CCc3ccccc3C2)c(C2CC2)c1N. The fraction of sp³-hybridized carbons (Fsp3) is 0.353. The van der Waals surface area contributed by atoms with Gasteiger partial charge in [-0.25, -0.2) is 0 Å². The van der Waals surface area contributed by atoms with Crippen molar-refractivity contribution in [3.63, 3.8) is 0 Å². The van der Waals surface area contributed by atoms with Gasteiger partial charge < -0.3 is 10.6 Å². The van der Waals surface area contributed by atoms with Crippen molar-refractivity contribution in [3.05, 3.63) is 45.8 Å². The molecule has 4 rings (SSSR count). The molecule has 1 aromatic heterocycles. The van der Waals surface area contributed by atoms with Gasteiger partial charge >= 0.3 is 0 Å². The number of anilines is 2. The smallest absolute Gasteiger partial charge is 0.130 e. The standard InChI is InChI=1S/C17H17N3S/c18-9-14-16(19)15(12-5-6-12)17(21-14)20-8-7-11-3-1-2-4-13(11)10-20/h1-4,12H,5-8,10,19H2. The molecule has 0 amide bonds. The Hall–Kier alpha value is -1.99. The van der Waals surface area contributed by atoms with E-state index < -0.39 is 0 Å². The Morgan fingerprint density at radius 2 is 2.00 bits per heavy atom. The summed E-state index contributed by atoms with van der Waals surface area (Å²) in [5.74, 6) is 0.579. The quantitative estimate of drug-likeness (QED) is 0.920. The van der Waals surface area contributed by atoms with Crippen molar-refractivity contribution in [2.45, 2.75) is 31.7 Å². The highest BCUT2D eigenvalue weighted by Gasteiger charge is 2.34. The lowest BCUT2D eigenvalue weighted by atomic mass is 9.99. The summed E-state index contributed by atoms with van der Waals surface area (Å²) < 4.78 is 0. The molecule has 0 atom stereocenters. The zero-order valence-corrected chi connectivity index (χ0v) is 12.6. The molecule has 2 aromatic rings. The molecule has 1 aliphatic carbocycles. The van der Waals surface area contributed by atoms with E-state index in [1.807, 2.05) is 0 Å². The second-order valence-electron chi connectivity index (χ2n) is 5.89. The van der Waals surface area contributed by atoms with E-state index in [2.05, 4.69) is 35.2 Å². The maximum atomic E-state index is 9.28. The number of rotatable bonds is 2. The van der Waals surface area contributed by atoms with Gasteiger partial charge in [0.05, 0.1) is 10.7 Å². The number of nitrogen functional groups attached to an aromatic ring is 1. The zero-order valence-electron chi connectivity index (χ0n) is 11.8. The highest BCUT2D eigenvalue weighted by molar-refractivity contribution is 7.17. The molecule has 0 radical (unpaired) electrons. The van der Waals surface area contributed by atoms with Crippen LogP contribution in [0.15, 0.2) is 24.3 Å². The molecule has 3 nitrogen and oxygen atoms in total. The number of fused-ring (bicyclic) bond motifs is 1. The third-order valence-electron chi connectivity index (χ3n) is 4.47. The molecule has 21 heavy (non-hydrogen) atoms. The van der Waals surface area contributed by atoms with Crippen LogP contribution in [-0.2, 0) is 13.0 Å². The van der Waals surface area contributed by atoms with Crippen molar-refractivity contribution >= 4 is 22.0 Å². The third kappa shape index (κ3) is 2.09. The highest BCUT2D eigenvalue weighted by atomic mass is 32.1. The maximum absolute atomic E-state index is 9.28. The summed E-state index contributed by atoms with van der Waals surface area (Å²) in [6.07, 6.45) is 3.49. The van der Waals surface area contributed by atoms with Gasteiger partial charge in [-0.2, -0.15) is 5.26 Å². The van der Waals surface area contributed by atoms with Gasteiger partial charge in [-0.05, 0) is 36.3 Å². The first kappa shape index (κ1) is 12.7. The molecule has 0 unspecified atom stereocenters. The normalized spacial score (nSPS) is 17.4. The molecule has 1 saturated carbocycles. The maximum Gasteiger partial charge on any atom is 0.130 e. The molecule has 0 saturated heterocycles. The largest absolute Gasteiger partial charge is 0.397 e. The lowest BCUT2D eigenvalue weighted by Gasteiger charge is -2.30. The molecular formula is C17H17N3S. The molecule has 1 fully saturated rings. The van der Waals surface area contributed by atoms with E-state index >= 15 is 0 Å². The first-order valence-electron chi connectivity index (χ1n) is 7.42. The lowest BCUT2D eigenvalue weighted by Crippen LogP contribution is -2.30. The summed E-state index contributed by atoms with van der Waals surface area (Å²) in [5, 5.41) is 10.5. The van der Waals surface area contributed by atoms with Gasteiger partial charge in [0.2, 0.25) is 0 Å². The van der Waals surface area contributed by atoms with Crippen LogP contribution in [0.4, 0.5) is 10.7 Å². The van der Waals surface area contributed by atoms with Gasteiger partial charge in [0.15, 0.2) is 0 Å². The van der Waals surface area contributed by atoms with Crippen molar-refractivity contribution < 1.29 is 0 Å². The Kier molecular flexibility index (Phi) is 2.90. The number of hydrogen-bond donors (Lipinski definition) is 1. The van der Waals surface area contributed by atoms with Crippen LogP contribution in [0, 0.1) is 11.3 Å². The summed E-state index contributed by atoms with van der Waals surface area (Å²) in [5.41, 5.74) is 11.0. The fourth-order valence-corrected chi connectivity index (χ4v) is 4.33. The summed E-state index contributed by atoms with van der Waals surface area (Å²) >= 11 is 1.58. The van der Waals surface area contributed by atoms with Gasteiger partial charge in [-0.1, -0.05) is 24.3 Å². The van der Waals surface area contributed by atoms with Crippen molar-refractivity contribution in [2.24, 2.45) is 0 Å². The number of benzene rings is 1. The molecule has 1 aromatic carbocycles. The summed E-state index contributed by atoms with van der Waals surface area (Å²) in [7, 11) is 0. The van der Waals surface area contributed by atoms with E-state index in [0.29, 0.717) is 10.8 Å². The second-order valence-corrected chi connectivity index (χ2v) is 6.89. The summed E-state index contributed by atoms with van der Waals surface area (Å²) in [6, 6.07) is 10.9. The average Bonchev–Trinajstić information content (AvgIpc) is 3.30. The predicted molar refractivity (Wildman–Crippen MR) is 86.6 cm³/mol. The van der Waals surface area contributed by atoms with E-state index in [-0.39, 0.29) is 0 Å². The average molecular weight is 295 g/mol. The number of nitriles is 1. The topological polar surface area (TPSA) is 53.0 Å². The Labute approximate surface area is 128 Å². The minimum Gasteiger partial charge on any atom is -0.397 e. The lowest BCUT2D eigenvalue weighted by molar-refractivity contribution is 0.734. The van der Waals surface area contributed by atoms with E-state index in [4.69, 9.17) is 5.73 Å². The molecule has 4 heteroatoms. The van der Waals surface area contributed by atoms with Gasteiger partial charge in [0, 0.05) is 18.7 Å². The Morgan fingerprint density at radius 1 is 1.24 bits per heavy atom. The molecule has 0 spiro atoms. The van der Waals surface area contributed by atoms with E-state index in [9.17, 15) is 5.26 Å². The first-order valence-corrected chi connectivity index (χ1v) is 8.23. The van der Waals surface area contributed by atoms with Crippen molar-refractivity contribution in [3.8, 4) is 6.07 Å². The number of nitrogens with two attached hydrogens (primary N) is 1. The van der Waals surface area contributed by atoms with Crippen molar-refractivity contribution in [2.75, 3.05) is 17.2 Å². The van der Waals surface area contributed by atoms with Crippen LogP contribution in [0.1, 0.15) is 40.3 Å². The van der Waals surface area contributed by atoms with Crippen molar-refractivity contribution in [1.82, 2.24) is 0 Å². The Bertz CT molecular complexity index is 737. The van der Waals surface area contributed by atoms with Crippen molar-refractivity contribution in [1.29, 1.82) is 5.26 Å². The van der Waals surface area contributed by atoms with E-state index in [0.717, 1.165) is 25.2 Å². The second kappa shape index (κ2) is 4.78. The highest BCUT2D eigenvalue weighted by Crippen LogP contribution is 2.52. The Balaban J connectivity index is 1.73. The van der Waals surface area contributed by atoms with Crippen LogP contribution < -0.4 is 10.6 Å². The molecule has 0 bridgehead atoms. The van der Waals surface area contributed by atoms with Crippen LogP contribution in [0.3, 0.4) is 0 Å². The third-order valence-corrected chi connectivity index (χ3v) is 5.66. The first-order chi connectivity index (χ1) is 10.3. The van der Waals surface area contributed by atoms with Crippen LogP contribution in [0.5, 0.6) is 0 Å². The zero-order chi connectivity index (χ0) is 14.4. The van der Waals surface area contributed by atoms with Crippen LogP contribution in [0.25, 0.3) is 0 Å². The Morgan fingerprint density at radius 3 is 2.71 bits per heavy atom. The molecule has 106 valence electrons. The van der Waals surface area contributed by atoms with Crippen LogP contribution in [0.2, 0.25) is 0 Å². The summed E-state index contributed by atoms with van der Waals surface area (Å²) in [6.45, 7) is 1.95. The van der Waals surface area contributed by atoms with Crippen LogP contribution in [-0.4, -0.2) is 6.54 Å². The molecular weight excluding hydrogens is 278 g/mol. The minimum atomic E-state index is 0.579. The number of nitrogens with zero attached hydrogens (tertiary/aromatic N) is 2. The van der Waals surface area contributed by atoms with Gasteiger partial charge in [0.25, 0.3) is 0 Å². The summed E-state index contributed by atoms with van der Waals surface area (Å²) in [4.78, 5) is 3.10. The monoisotopic (exact) mass is 295 g/mol. The number of thiophene rings is 1. The molecule has 1 aliphatic heterocycles. The van der Waals surface area contributed by atoms with Gasteiger partial charge in [0.1, 0.15) is 10.9 Å². The van der Waals surface area contributed by atoms with E-state index in [1.165, 1.54) is 34.5 Å². The fourth-order valence-electron chi connectivity index (χ4n) is 3.20. The van der Waals surface area contributed by atoms with Gasteiger partial charge in [-0.15, -0.1) is 11.3 Å². The number of hydrogen-bond acceptors (Lipinski definition) is 4. The van der Waals surface area contributed by atoms with E-state index in [1.54, 1.807) is 11.3 Å². The molecule has 2 heterocycles. The molecule has 2 aliphatic rings. The van der Waals surface area contributed by atoms with Crippen LogP contribution >= 0.6 is 11.3 Å².